The summed E-state index contributed by atoms with van der Waals surface area (Å²) in [6, 6.07) is 7.56. The van der Waals surface area contributed by atoms with Gasteiger partial charge in [-0.25, -0.2) is 4.79 Å². The summed E-state index contributed by atoms with van der Waals surface area (Å²) < 4.78 is 10.7. The van der Waals surface area contributed by atoms with E-state index in [-0.39, 0.29) is 6.61 Å². The molecular formula is C12H15O3Si. The second kappa shape index (κ2) is 6.12. The molecule has 1 radical (unpaired) electrons. The van der Waals surface area contributed by atoms with Gasteiger partial charge in [0.05, 0.1) is 0 Å². The predicted molar refractivity (Wildman–Crippen MR) is 64.5 cm³/mol. The summed E-state index contributed by atoms with van der Waals surface area (Å²) in [5, 5.41) is 0. The van der Waals surface area contributed by atoms with E-state index >= 15 is 0 Å². The maximum Gasteiger partial charge on any atom is 0.330 e. The van der Waals surface area contributed by atoms with Crippen molar-refractivity contribution in [1.29, 1.82) is 0 Å². The van der Waals surface area contributed by atoms with Crippen LogP contribution in [0.25, 0.3) is 0 Å². The quantitative estimate of drug-likeness (QED) is 0.447. The van der Waals surface area contributed by atoms with E-state index in [1.54, 1.807) is 0 Å². The van der Waals surface area contributed by atoms with E-state index in [9.17, 15) is 4.79 Å². The zero-order chi connectivity index (χ0) is 12.0. The number of hydrogen-bond donors (Lipinski definition) is 0. The first-order valence-corrected chi connectivity index (χ1v) is 7.39. The first-order chi connectivity index (χ1) is 7.63. The van der Waals surface area contributed by atoms with E-state index in [1.165, 1.54) is 0 Å². The van der Waals surface area contributed by atoms with E-state index in [0.29, 0.717) is 0 Å². The number of ether oxygens (including phenoxy) is 1. The fourth-order valence-electron chi connectivity index (χ4n) is 1.15. The number of para-hydroxylation sites is 1. The molecule has 4 heteroatoms. The van der Waals surface area contributed by atoms with Crippen molar-refractivity contribution in [3.8, 4) is 5.75 Å². The molecule has 0 amide bonds. The molecule has 1 aromatic rings. The van der Waals surface area contributed by atoms with Gasteiger partial charge in [0.15, 0.2) is 0 Å². The highest BCUT2D eigenvalue weighted by atomic mass is 28.3. The maximum atomic E-state index is 10.9. The zero-order valence-corrected chi connectivity index (χ0v) is 10.5. The Labute approximate surface area is 97.4 Å². The largest absolute Gasteiger partial charge is 0.542 e. The standard InChI is InChI=1S/C12H15O3Si/c1-4-12(13)14-9-10-7-5-6-8-11(10)15-16(2)3/h4-8H,1,9H2,2-3H3. The van der Waals surface area contributed by atoms with E-state index in [1.807, 2.05) is 24.3 Å². The number of benzene rings is 1. The van der Waals surface area contributed by atoms with Gasteiger partial charge in [0, 0.05) is 11.6 Å². The van der Waals surface area contributed by atoms with Crippen LogP contribution in [0.4, 0.5) is 0 Å². The smallest absolute Gasteiger partial charge is 0.330 e. The first kappa shape index (κ1) is 12.5. The van der Waals surface area contributed by atoms with Gasteiger partial charge in [-0.1, -0.05) is 24.8 Å². The van der Waals surface area contributed by atoms with E-state index in [0.717, 1.165) is 17.4 Å². The third-order valence-corrected chi connectivity index (χ3v) is 2.45. The van der Waals surface area contributed by atoms with Crippen LogP contribution < -0.4 is 4.43 Å². The monoisotopic (exact) mass is 235 g/mol. The summed E-state index contributed by atoms with van der Waals surface area (Å²) in [6.07, 6.45) is 1.15. The van der Waals surface area contributed by atoms with Gasteiger partial charge in [0.1, 0.15) is 12.4 Å². The molecule has 0 spiro atoms. The van der Waals surface area contributed by atoms with Crippen LogP contribution in [0.15, 0.2) is 36.9 Å². The van der Waals surface area contributed by atoms with Crippen molar-refractivity contribution >= 4 is 15.0 Å². The Morgan fingerprint density at radius 2 is 2.12 bits per heavy atom. The lowest BCUT2D eigenvalue weighted by atomic mass is 10.2. The molecule has 0 aliphatic heterocycles. The van der Waals surface area contributed by atoms with Gasteiger partial charge in [-0.15, -0.1) is 0 Å². The second-order valence-electron chi connectivity index (χ2n) is 3.43. The van der Waals surface area contributed by atoms with Crippen molar-refractivity contribution in [3.05, 3.63) is 42.5 Å². The lowest BCUT2D eigenvalue weighted by molar-refractivity contribution is -0.138. The molecule has 3 nitrogen and oxygen atoms in total. The molecule has 0 atom stereocenters. The molecule has 0 saturated carbocycles. The minimum absolute atomic E-state index is 0.218. The molecule has 0 aliphatic rings. The Balaban J connectivity index is 2.70. The van der Waals surface area contributed by atoms with E-state index in [2.05, 4.69) is 19.7 Å². The molecule has 0 fully saturated rings. The van der Waals surface area contributed by atoms with Crippen LogP contribution in [0.2, 0.25) is 13.1 Å². The lowest BCUT2D eigenvalue weighted by Crippen LogP contribution is -2.13. The number of carbonyl (C=O) groups excluding carboxylic acids is 1. The summed E-state index contributed by atoms with van der Waals surface area (Å²) >= 11 is 0. The Hall–Kier alpha value is -1.55. The van der Waals surface area contributed by atoms with Crippen molar-refractivity contribution < 1.29 is 14.0 Å². The van der Waals surface area contributed by atoms with Gasteiger partial charge in [0.25, 0.3) is 9.04 Å². The highest BCUT2D eigenvalue weighted by Crippen LogP contribution is 2.19. The van der Waals surface area contributed by atoms with E-state index < -0.39 is 15.0 Å². The fraction of sp³-hybridized carbons (Fsp3) is 0.250. The summed E-state index contributed by atoms with van der Waals surface area (Å²) in [5.41, 5.74) is 0.879. The predicted octanol–water partition coefficient (Wildman–Crippen LogP) is 2.55. The molecule has 0 aromatic heterocycles. The minimum atomic E-state index is -0.813. The molecular weight excluding hydrogens is 220 g/mol. The third-order valence-electron chi connectivity index (χ3n) is 1.82. The topological polar surface area (TPSA) is 35.5 Å². The molecule has 0 saturated heterocycles. The van der Waals surface area contributed by atoms with E-state index in [4.69, 9.17) is 9.16 Å². The first-order valence-electron chi connectivity index (χ1n) is 4.98. The molecule has 0 bridgehead atoms. The second-order valence-corrected chi connectivity index (χ2v) is 5.45. The van der Waals surface area contributed by atoms with Crippen LogP contribution in [0, 0.1) is 0 Å². The minimum Gasteiger partial charge on any atom is -0.542 e. The molecule has 16 heavy (non-hydrogen) atoms. The molecule has 0 N–H and O–H groups in total. The fourth-order valence-corrected chi connectivity index (χ4v) is 1.79. The number of carbonyl (C=O) groups is 1. The Kier molecular flexibility index (Phi) is 4.79. The Morgan fingerprint density at radius 3 is 2.75 bits per heavy atom. The summed E-state index contributed by atoms with van der Waals surface area (Å²) in [6.45, 7) is 7.67. The van der Waals surface area contributed by atoms with Crippen molar-refractivity contribution in [2.75, 3.05) is 0 Å². The average Bonchev–Trinajstić information content (AvgIpc) is 2.26. The molecule has 1 rings (SSSR count). The summed E-state index contributed by atoms with van der Waals surface area (Å²) in [4.78, 5) is 10.9. The maximum absolute atomic E-state index is 10.9. The van der Waals surface area contributed by atoms with Crippen LogP contribution in [0.5, 0.6) is 5.75 Å². The lowest BCUT2D eigenvalue weighted by Gasteiger charge is -2.13. The van der Waals surface area contributed by atoms with Crippen molar-refractivity contribution in [1.82, 2.24) is 0 Å². The summed E-state index contributed by atoms with van der Waals surface area (Å²) in [5.74, 6) is 0.367. The van der Waals surface area contributed by atoms with Crippen LogP contribution >= 0.6 is 0 Å². The van der Waals surface area contributed by atoms with Gasteiger partial charge >= 0.3 is 5.97 Å². The normalized spacial score (nSPS) is 9.94. The third kappa shape index (κ3) is 3.90. The van der Waals surface area contributed by atoms with Crippen molar-refractivity contribution in [2.24, 2.45) is 0 Å². The molecule has 85 valence electrons. The number of rotatable bonds is 5. The Morgan fingerprint density at radius 1 is 1.44 bits per heavy atom. The molecule has 0 heterocycles. The van der Waals surface area contributed by atoms with Crippen molar-refractivity contribution in [2.45, 2.75) is 19.7 Å². The SMILES string of the molecule is C=CC(=O)OCc1ccccc1O[Si](C)C. The molecule has 0 unspecified atom stereocenters. The van der Waals surface area contributed by atoms with Gasteiger partial charge in [0.2, 0.25) is 0 Å². The van der Waals surface area contributed by atoms with Crippen LogP contribution in [-0.2, 0) is 16.1 Å². The van der Waals surface area contributed by atoms with Crippen LogP contribution in [0.1, 0.15) is 5.56 Å². The van der Waals surface area contributed by atoms with Gasteiger partial charge in [-0.2, -0.15) is 0 Å². The number of esters is 1. The Bertz CT molecular complexity index is 374. The van der Waals surface area contributed by atoms with Gasteiger partial charge in [-0.05, 0) is 19.2 Å². The van der Waals surface area contributed by atoms with Crippen LogP contribution in [0.3, 0.4) is 0 Å². The van der Waals surface area contributed by atoms with Gasteiger partial charge in [-0.3, -0.25) is 0 Å². The van der Waals surface area contributed by atoms with Crippen LogP contribution in [-0.4, -0.2) is 15.0 Å². The highest BCUT2D eigenvalue weighted by molar-refractivity contribution is 6.49. The number of hydrogen-bond acceptors (Lipinski definition) is 3. The summed E-state index contributed by atoms with van der Waals surface area (Å²) in [7, 11) is -0.813. The van der Waals surface area contributed by atoms with Crippen molar-refractivity contribution in [3.63, 3.8) is 0 Å². The molecule has 1 aromatic carbocycles. The highest BCUT2D eigenvalue weighted by Gasteiger charge is 2.07. The molecule has 0 aliphatic carbocycles. The van der Waals surface area contributed by atoms with Gasteiger partial charge < -0.3 is 9.16 Å². The average molecular weight is 235 g/mol. The zero-order valence-electron chi connectivity index (χ0n) is 9.53.